The average molecular weight is 419 g/mol. The van der Waals surface area contributed by atoms with Crippen LogP contribution in [-0.2, 0) is 0 Å². The lowest BCUT2D eigenvalue weighted by Gasteiger charge is -2.07. The Hall–Kier alpha value is -3.84. The van der Waals surface area contributed by atoms with Crippen molar-refractivity contribution in [3.63, 3.8) is 0 Å². The molecular formula is C22H15ClN4O3. The van der Waals surface area contributed by atoms with Gasteiger partial charge in [-0.15, -0.1) is 0 Å². The molecular weight excluding hydrogens is 404 g/mol. The second-order valence-electron chi connectivity index (χ2n) is 6.58. The summed E-state index contributed by atoms with van der Waals surface area (Å²) in [7, 11) is 1.54. The van der Waals surface area contributed by atoms with E-state index in [-0.39, 0.29) is 5.56 Å². The molecule has 0 spiro atoms. The van der Waals surface area contributed by atoms with Gasteiger partial charge < -0.3 is 14.1 Å². The normalized spacial score (nSPS) is 11.1. The topological polar surface area (TPSA) is 85.4 Å². The first-order valence-corrected chi connectivity index (χ1v) is 9.48. The molecule has 8 heteroatoms. The standard InChI is InChI=1S/C22H15ClN4O3/c1-29-18-9-14(7-8-16(18)23)17-10-20(28)27-21(26-17)15(11-25-27)22-24-12-19(30-22)13-5-3-2-4-6-13/h2-12,26H,1H3. The van der Waals surface area contributed by atoms with Gasteiger partial charge in [0, 0.05) is 17.2 Å². The number of nitrogens with zero attached hydrogens (tertiary/aromatic N) is 3. The van der Waals surface area contributed by atoms with Gasteiger partial charge in [-0.25, -0.2) is 4.98 Å². The maximum atomic E-state index is 12.6. The molecule has 5 aromatic rings. The molecule has 30 heavy (non-hydrogen) atoms. The predicted octanol–water partition coefficient (Wildman–Crippen LogP) is 4.67. The van der Waals surface area contributed by atoms with E-state index in [0.717, 1.165) is 11.1 Å². The summed E-state index contributed by atoms with van der Waals surface area (Å²) in [6, 6.07) is 16.4. The molecule has 0 aliphatic heterocycles. The van der Waals surface area contributed by atoms with Crippen LogP contribution in [0.5, 0.6) is 5.75 Å². The third-order valence-electron chi connectivity index (χ3n) is 4.76. The van der Waals surface area contributed by atoms with Gasteiger partial charge in [-0.05, 0) is 12.1 Å². The molecule has 3 aromatic heterocycles. The van der Waals surface area contributed by atoms with E-state index in [9.17, 15) is 4.79 Å². The van der Waals surface area contributed by atoms with Crippen molar-refractivity contribution in [1.82, 2.24) is 19.6 Å². The van der Waals surface area contributed by atoms with Crippen molar-refractivity contribution in [2.75, 3.05) is 7.11 Å². The van der Waals surface area contributed by atoms with Crippen molar-refractivity contribution >= 4 is 17.2 Å². The number of halogens is 1. The van der Waals surface area contributed by atoms with Gasteiger partial charge in [0.25, 0.3) is 5.56 Å². The molecule has 0 radical (unpaired) electrons. The molecule has 3 heterocycles. The Labute approximate surface area is 175 Å². The number of rotatable bonds is 4. The molecule has 0 amide bonds. The summed E-state index contributed by atoms with van der Waals surface area (Å²) >= 11 is 6.12. The van der Waals surface area contributed by atoms with E-state index >= 15 is 0 Å². The summed E-state index contributed by atoms with van der Waals surface area (Å²) in [6.07, 6.45) is 3.21. The highest BCUT2D eigenvalue weighted by atomic mass is 35.5. The molecule has 0 aliphatic rings. The van der Waals surface area contributed by atoms with Gasteiger partial charge in [0.05, 0.1) is 30.2 Å². The Morgan fingerprint density at radius 3 is 2.70 bits per heavy atom. The Morgan fingerprint density at radius 1 is 1.07 bits per heavy atom. The number of benzene rings is 2. The van der Waals surface area contributed by atoms with Crippen LogP contribution in [0.1, 0.15) is 0 Å². The second kappa shape index (κ2) is 7.20. The molecule has 1 N–H and O–H groups in total. The summed E-state index contributed by atoms with van der Waals surface area (Å²) in [5.74, 6) is 1.51. The zero-order chi connectivity index (χ0) is 20.7. The highest BCUT2D eigenvalue weighted by Crippen LogP contribution is 2.31. The van der Waals surface area contributed by atoms with Crippen molar-refractivity contribution in [2.24, 2.45) is 0 Å². The fraction of sp³-hybridized carbons (Fsp3) is 0.0455. The maximum absolute atomic E-state index is 12.6. The molecule has 0 unspecified atom stereocenters. The van der Waals surface area contributed by atoms with Crippen molar-refractivity contribution in [3.05, 3.63) is 82.4 Å². The van der Waals surface area contributed by atoms with Crippen LogP contribution in [0.15, 0.2) is 76.2 Å². The van der Waals surface area contributed by atoms with E-state index in [4.69, 9.17) is 20.8 Å². The van der Waals surface area contributed by atoms with Crippen LogP contribution in [0.2, 0.25) is 5.02 Å². The minimum absolute atomic E-state index is 0.284. The molecule has 0 fully saturated rings. The highest BCUT2D eigenvalue weighted by molar-refractivity contribution is 6.32. The molecule has 5 rings (SSSR count). The second-order valence-corrected chi connectivity index (χ2v) is 6.99. The summed E-state index contributed by atoms with van der Waals surface area (Å²) in [5, 5.41) is 4.68. The van der Waals surface area contributed by atoms with Crippen LogP contribution >= 0.6 is 11.6 Å². The number of hydrogen-bond acceptors (Lipinski definition) is 5. The van der Waals surface area contributed by atoms with Crippen LogP contribution in [0.3, 0.4) is 0 Å². The Kier molecular flexibility index (Phi) is 4.37. The van der Waals surface area contributed by atoms with Gasteiger partial charge >= 0.3 is 0 Å². The van der Waals surface area contributed by atoms with Crippen LogP contribution < -0.4 is 10.3 Å². The zero-order valence-corrected chi connectivity index (χ0v) is 16.6. The van der Waals surface area contributed by atoms with E-state index in [1.165, 1.54) is 10.6 Å². The lowest BCUT2D eigenvalue weighted by molar-refractivity contribution is 0.415. The molecule has 0 saturated carbocycles. The minimum atomic E-state index is -0.284. The molecule has 0 atom stereocenters. The van der Waals surface area contributed by atoms with E-state index < -0.39 is 0 Å². The summed E-state index contributed by atoms with van der Waals surface area (Å²) in [4.78, 5) is 20.3. The first-order chi connectivity index (χ1) is 14.6. The fourth-order valence-electron chi connectivity index (χ4n) is 3.26. The van der Waals surface area contributed by atoms with E-state index in [0.29, 0.717) is 39.3 Å². The number of ether oxygens (including phenoxy) is 1. The smallest absolute Gasteiger partial charge is 0.274 e. The number of hydrogen-bond donors (Lipinski definition) is 1. The Bertz CT molecular complexity index is 1420. The van der Waals surface area contributed by atoms with Crippen molar-refractivity contribution in [2.45, 2.75) is 0 Å². The van der Waals surface area contributed by atoms with E-state index in [1.807, 2.05) is 30.3 Å². The number of methoxy groups -OCH3 is 1. The average Bonchev–Trinajstić information content (AvgIpc) is 3.42. The first kappa shape index (κ1) is 18.2. The van der Waals surface area contributed by atoms with Gasteiger partial charge in [-0.1, -0.05) is 48.0 Å². The summed E-state index contributed by atoms with van der Waals surface area (Å²) in [6.45, 7) is 0. The van der Waals surface area contributed by atoms with E-state index in [1.54, 1.807) is 37.7 Å². The van der Waals surface area contributed by atoms with Gasteiger partial charge in [-0.3, -0.25) is 4.79 Å². The molecule has 2 aromatic carbocycles. The number of aromatic amines is 1. The lowest BCUT2D eigenvalue weighted by atomic mass is 10.1. The molecule has 0 saturated heterocycles. The van der Waals surface area contributed by atoms with Gasteiger partial charge in [0.2, 0.25) is 5.89 Å². The maximum Gasteiger partial charge on any atom is 0.274 e. The van der Waals surface area contributed by atoms with Crippen LogP contribution in [0.25, 0.3) is 39.7 Å². The fourth-order valence-corrected chi connectivity index (χ4v) is 3.45. The lowest BCUT2D eigenvalue weighted by Crippen LogP contribution is -2.14. The van der Waals surface area contributed by atoms with Crippen molar-refractivity contribution in [1.29, 1.82) is 0 Å². The molecule has 7 nitrogen and oxygen atoms in total. The number of fused-ring (bicyclic) bond motifs is 1. The quantitative estimate of drug-likeness (QED) is 0.458. The number of aromatic nitrogens is 4. The van der Waals surface area contributed by atoms with Crippen LogP contribution in [-0.4, -0.2) is 26.7 Å². The summed E-state index contributed by atoms with van der Waals surface area (Å²) < 4.78 is 12.5. The first-order valence-electron chi connectivity index (χ1n) is 9.10. The minimum Gasteiger partial charge on any atom is -0.495 e. The SMILES string of the molecule is COc1cc(-c2cc(=O)n3ncc(-c4ncc(-c5ccccc5)o4)c3[nH]2)ccc1Cl. The Balaban J connectivity index is 1.63. The Morgan fingerprint density at radius 2 is 1.90 bits per heavy atom. The molecule has 0 aliphatic carbocycles. The molecule has 148 valence electrons. The molecule has 0 bridgehead atoms. The third-order valence-corrected chi connectivity index (χ3v) is 5.07. The predicted molar refractivity (Wildman–Crippen MR) is 114 cm³/mol. The third kappa shape index (κ3) is 3.05. The van der Waals surface area contributed by atoms with E-state index in [2.05, 4.69) is 15.1 Å². The zero-order valence-electron chi connectivity index (χ0n) is 15.8. The van der Waals surface area contributed by atoms with Crippen molar-refractivity contribution in [3.8, 4) is 39.8 Å². The summed E-state index contributed by atoms with van der Waals surface area (Å²) in [5.41, 5.74) is 3.04. The number of oxazole rings is 1. The number of H-pyrrole nitrogens is 1. The largest absolute Gasteiger partial charge is 0.495 e. The number of nitrogens with one attached hydrogen (secondary N) is 1. The van der Waals surface area contributed by atoms with Crippen molar-refractivity contribution < 1.29 is 9.15 Å². The monoisotopic (exact) mass is 418 g/mol. The van der Waals surface area contributed by atoms with Gasteiger partial charge in [0.15, 0.2) is 11.4 Å². The highest BCUT2D eigenvalue weighted by Gasteiger charge is 2.17. The van der Waals surface area contributed by atoms with Gasteiger partial charge in [-0.2, -0.15) is 9.61 Å². The van der Waals surface area contributed by atoms with Crippen LogP contribution in [0, 0.1) is 0 Å². The van der Waals surface area contributed by atoms with Gasteiger partial charge in [0.1, 0.15) is 11.3 Å². The van der Waals surface area contributed by atoms with Crippen LogP contribution in [0.4, 0.5) is 0 Å².